The van der Waals surface area contributed by atoms with E-state index in [-0.39, 0.29) is 30.4 Å². The zero-order valence-corrected chi connectivity index (χ0v) is 27.6. The van der Waals surface area contributed by atoms with Crippen LogP contribution < -0.4 is 10.2 Å². The van der Waals surface area contributed by atoms with Crippen LogP contribution in [0.1, 0.15) is 50.7 Å². The van der Waals surface area contributed by atoms with Crippen LogP contribution in [0.2, 0.25) is 5.02 Å². The maximum atomic E-state index is 15.1. The summed E-state index contributed by atoms with van der Waals surface area (Å²) in [5, 5.41) is 12.9. The number of carbonyl (C=O) groups is 4. The number of methoxy groups -OCH3 is 1. The molecule has 2 aliphatic heterocycles. The average molecular weight is 672 g/mol. The number of nitrogens with zero attached hydrogens (tertiary/aromatic N) is 2. The van der Waals surface area contributed by atoms with Gasteiger partial charge >= 0.3 is 0 Å². The summed E-state index contributed by atoms with van der Waals surface area (Å²) in [6.45, 7) is 5.45. The predicted molar refractivity (Wildman–Crippen MR) is 175 cm³/mol. The normalized spacial score (nSPS) is 28.2. The molecule has 7 rings (SSSR count). The maximum Gasteiger partial charge on any atom is 0.260 e. The number of hydrogen-bond donors (Lipinski definition) is 2. The van der Waals surface area contributed by atoms with E-state index in [2.05, 4.69) is 5.43 Å². The Labute approximate surface area is 282 Å². The van der Waals surface area contributed by atoms with Gasteiger partial charge in [0.15, 0.2) is 0 Å². The van der Waals surface area contributed by atoms with Crippen molar-refractivity contribution < 1.29 is 33.4 Å². The Hall–Kier alpha value is -4.70. The quantitative estimate of drug-likeness (QED) is 0.253. The van der Waals surface area contributed by atoms with Gasteiger partial charge in [0.1, 0.15) is 17.3 Å². The fourth-order valence-corrected chi connectivity index (χ4v) is 8.68. The number of allylic oxidation sites excluding steroid dienone is 2. The first-order valence-electron chi connectivity index (χ1n) is 15.9. The van der Waals surface area contributed by atoms with Gasteiger partial charge in [0.05, 0.1) is 36.0 Å². The third-order valence-electron chi connectivity index (χ3n) is 10.5. The molecule has 11 heteroatoms. The largest absolute Gasteiger partial charge is 0.508 e. The molecule has 3 aromatic rings. The summed E-state index contributed by atoms with van der Waals surface area (Å²) in [4.78, 5) is 59.1. The van der Waals surface area contributed by atoms with Crippen LogP contribution in [0.3, 0.4) is 0 Å². The summed E-state index contributed by atoms with van der Waals surface area (Å²) in [6.07, 6.45) is 2.28. The lowest BCUT2D eigenvalue weighted by Gasteiger charge is -2.50. The van der Waals surface area contributed by atoms with Gasteiger partial charge in [-0.05, 0) is 99.7 Å². The Morgan fingerprint density at radius 2 is 1.62 bits per heavy atom. The fraction of sp³-hybridized carbons (Fsp3) is 0.351. The van der Waals surface area contributed by atoms with Gasteiger partial charge < -0.3 is 9.84 Å². The minimum atomic E-state index is -1.61. The number of amides is 4. The van der Waals surface area contributed by atoms with E-state index < -0.39 is 58.2 Å². The maximum absolute atomic E-state index is 15.1. The van der Waals surface area contributed by atoms with Gasteiger partial charge in [0, 0.05) is 22.0 Å². The summed E-state index contributed by atoms with van der Waals surface area (Å²) in [6, 6.07) is 16.7. The molecule has 2 heterocycles. The van der Waals surface area contributed by atoms with Crippen LogP contribution in [0.5, 0.6) is 11.5 Å². The van der Waals surface area contributed by atoms with Crippen molar-refractivity contribution in [2.24, 2.45) is 23.7 Å². The molecule has 0 spiro atoms. The molecule has 248 valence electrons. The number of hydrogen-bond acceptors (Lipinski definition) is 7. The Morgan fingerprint density at radius 1 is 0.938 bits per heavy atom. The van der Waals surface area contributed by atoms with Crippen LogP contribution in [-0.4, -0.2) is 51.3 Å². The summed E-state index contributed by atoms with van der Waals surface area (Å²) >= 11 is 6.33. The summed E-state index contributed by atoms with van der Waals surface area (Å²) in [5.41, 5.74) is 2.41. The van der Waals surface area contributed by atoms with E-state index in [1.165, 1.54) is 42.3 Å². The van der Waals surface area contributed by atoms with Gasteiger partial charge in [0.2, 0.25) is 11.8 Å². The molecule has 6 unspecified atom stereocenters. The van der Waals surface area contributed by atoms with Crippen LogP contribution in [0.25, 0.3) is 0 Å². The number of aromatic hydroxyl groups is 1. The second-order valence-corrected chi connectivity index (χ2v) is 14.4. The van der Waals surface area contributed by atoms with Gasteiger partial charge in [-0.2, -0.15) is 5.01 Å². The van der Waals surface area contributed by atoms with Gasteiger partial charge in [-0.25, -0.2) is 4.39 Å². The molecule has 2 aliphatic carbocycles. The molecule has 1 saturated carbocycles. The Balaban J connectivity index is 1.48. The Kier molecular flexibility index (Phi) is 7.43. The number of benzene rings is 3. The number of phenols is 1. The zero-order valence-electron chi connectivity index (χ0n) is 26.9. The predicted octanol–water partition coefficient (Wildman–Crippen LogP) is 5.98. The molecule has 0 bridgehead atoms. The lowest BCUT2D eigenvalue weighted by atomic mass is 9.49. The summed E-state index contributed by atoms with van der Waals surface area (Å²) < 4.78 is 19.4. The van der Waals surface area contributed by atoms with Crippen LogP contribution in [-0.2, 0) is 24.6 Å². The number of rotatable bonds is 5. The lowest BCUT2D eigenvalue weighted by Crippen LogP contribution is -2.53. The van der Waals surface area contributed by atoms with Crippen LogP contribution in [0.4, 0.5) is 10.1 Å². The number of fused-ring (bicyclic) bond motifs is 4. The number of anilines is 1. The van der Waals surface area contributed by atoms with Crippen molar-refractivity contribution in [3.8, 4) is 11.5 Å². The second-order valence-electron chi connectivity index (χ2n) is 14.0. The lowest BCUT2D eigenvalue weighted by molar-refractivity contribution is -0.146. The molecule has 4 amide bonds. The summed E-state index contributed by atoms with van der Waals surface area (Å²) in [7, 11) is 1.49. The van der Waals surface area contributed by atoms with Crippen LogP contribution in [0.15, 0.2) is 78.4 Å². The van der Waals surface area contributed by atoms with E-state index in [0.29, 0.717) is 33.2 Å². The third-order valence-corrected chi connectivity index (χ3v) is 10.7. The Morgan fingerprint density at radius 3 is 2.27 bits per heavy atom. The molecule has 6 atom stereocenters. The number of carbonyl (C=O) groups excluding carboxylic acids is 4. The van der Waals surface area contributed by atoms with Gasteiger partial charge in [-0.15, -0.1) is 0 Å². The first-order valence-corrected chi connectivity index (χ1v) is 16.3. The number of halogens is 2. The molecule has 48 heavy (non-hydrogen) atoms. The van der Waals surface area contributed by atoms with E-state index in [9.17, 15) is 23.9 Å². The smallest absolute Gasteiger partial charge is 0.260 e. The van der Waals surface area contributed by atoms with Crippen molar-refractivity contribution in [2.75, 3.05) is 12.5 Å². The van der Waals surface area contributed by atoms with E-state index in [0.717, 1.165) is 5.01 Å². The van der Waals surface area contributed by atoms with Crippen molar-refractivity contribution >= 4 is 40.9 Å². The van der Waals surface area contributed by atoms with Gasteiger partial charge in [0.25, 0.3) is 11.8 Å². The van der Waals surface area contributed by atoms with Crippen molar-refractivity contribution in [2.45, 2.75) is 50.5 Å². The SMILES string of the molecule is COc1ccc(O)c(C2C3=CCC4C(=O)N(C(C)(C)C)C(=O)C4C3CC3C(=O)N(Nc4ccc(F)cc4)C(=O)C32c2ccc(Cl)cc2)c1. The van der Waals surface area contributed by atoms with Gasteiger partial charge in [-0.3, -0.25) is 29.5 Å². The molecular weight excluding hydrogens is 637 g/mol. The molecule has 2 N–H and O–H groups in total. The first-order chi connectivity index (χ1) is 22.8. The third kappa shape index (κ3) is 4.56. The zero-order chi connectivity index (χ0) is 34.3. The molecule has 4 aliphatic rings. The van der Waals surface area contributed by atoms with E-state index in [4.69, 9.17) is 16.3 Å². The molecule has 9 nitrogen and oxygen atoms in total. The number of phenolic OH excluding ortho intramolecular Hbond substituents is 1. The minimum absolute atomic E-state index is 0.0973. The van der Waals surface area contributed by atoms with Crippen molar-refractivity contribution in [3.05, 3.63) is 100 Å². The van der Waals surface area contributed by atoms with Crippen molar-refractivity contribution in [1.82, 2.24) is 9.91 Å². The number of hydrazine groups is 1. The number of ether oxygens (including phenoxy) is 1. The minimum Gasteiger partial charge on any atom is -0.508 e. The van der Waals surface area contributed by atoms with E-state index >= 15 is 4.79 Å². The van der Waals surface area contributed by atoms with Gasteiger partial charge in [-0.1, -0.05) is 35.4 Å². The van der Waals surface area contributed by atoms with E-state index in [1.807, 2.05) is 26.8 Å². The molecule has 0 aromatic heterocycles. The fourth-order valence-electron chi connectivity index (χ4n) is 8.55. The molecule has 3 aromatic carbocycles. The highest BCUT2D eigenvalue weighted by molar-refractivity contribution is 6.30. The highest BCUT2D eigenvalue weighted by atomic mass is 35.5. The highest BCUT2D eigenvalue weighted by Crippen LogP contribution is 2.65. The first kappa shape index (κ1) is 31.9. The molecule has 3 fully saturated rings. The topological polar surface area (TPSA) is 116 Å². The van der Waals surface area contributed by atoms with Crippen molar-refractivity contribution in [3.63, 3.8) is 0 Å². The molecule has 0 radical (unpaired) electrons. The summed E-state index contributed by atoms with van der Waals surface area (Å²) in [5.74, 6) is -5.79. The standard InChI is InChI=1S/C37H35ClFN3O6/c1-36(2,3)41-32(44)25-15-14-24-26(30(25)34(41)46)18-28-33(45)42(40-22-11-9-21(39)10-12-22)35(47)37(28,19-5-7-20(38)8-6-19)31(24)27-17-23(48-4)13-16-29(27)43/h5-14,16-17,25-26,28,30-31,40,43H,15,18H2,1-4H3. The monoisotopic (exact) mass is 671 g/mol. The second kappa shape index (κ2) is 11.2. The number of likely N-dealkylation sites (tertiary alicyclic amines) is 1. The highest BCUT2D eigenvalue weighted by Gasteiger charge is 2.71. The van der Waals surface area contributed by atoms with Crippen LogP contribution >= 0.6 is 11.6 Å². The average Bonchev–Trinajstić information content (AvgIpc) is 3.44. The Bertz CT molecular complexity index is 1890. The van der Waals surface area contributed by atoms with Crippen molar-refractivity contribution in [1.29, 1.82) is 0 Å². The number of imide groups is 2. The molecular formula is C37H35ClFN3O6. The van der Waals surface area contributed by atoms with E-state index in [1.54, 1.807) is 36.4 Å². The molecule has 2 saturated heterocycles. The number of nitrogens with one attached hydrogen (secondary N) is 1. The van der Waals surface area contributed by atoms with Crippen LogP contribution in [0, 0.1) is 29.5 Å².